The molecule has 49 heavy (non-hydrogen) atoms. The van der Waals surface area contributed by atoms with Gasteiger partial charge in [0.2, 0.25) is 11.8 Å². The maximum atomic E-state index is 12.3. The predicted octanol–water partition coefficient (Wildman–Crippen LogP) is 8.91. The van der Waals surface area contributed by atoms with Gasteiger partial charge in [-0.1, -0.05) is 110 Å². The number of ether oxygens (including phenoxy) is 1. The number of nitrogens with zero attached hydrogens (tertiary/aromatic N) is 3. The third-order valence-electron chi connectivity index (χ3n) is 7.31. The van der Waals surface area contributed by atoms with Gasteiger partial charge in [0.1, 0.15) is 5.75 Å². The minimum atomic E-state index is -0.611. The fraction of sp³-hybridized carbons (Fsp3) is 0.500. The molecule has 0 fully saturated rings. The molecule has 1 rings (SSSR count). The van der Waals surface area contributed by atoms with Crippen LogP contribution in [0.3, 0.4) is 0 Å². The Morgan fingerprint density at radius 1 is 0.776 bits per heavy atom. The third kappa shape index (κ3) is 27.3. The van der Waals surface area contributed by atoms with E-state index in [1.165, 1.54) is 0 Å². The number of azide groups is 1. The topological polar surface area (TPSA) is 142 Å². The zero-order valence-electron chi connectivity index (χ0n) is 29.7. The van der Waals surface area contributed by atoms with Gasteiger partial charge in [-0.15, -0.1) is 0 Å². The molecule has 2 amide bonds. The standard InChI is InChI=1S/C40H60N6O3/c1-2-3-4-5-6-7-8-9-10-11-12-13-14-15-16-17-18-19-22-26-39(47)43-32-25-34-49-37-29-27-36(28-30-37)35-38(41)40(48)44-31-23-20-21-24-33-45-46-42/h3-4,6-7,9-10,12-13,15-16,18-19,27-30,38H,2,5,8,11,14,17,20-26,31-35,41H2,1H3,(H,43,47)(H,44,48)/b4-3-,7-6-,10-9-,13-12-,16-15-,19-18-/t38-/m0/s1. The molecular weight excluding hydrogens is 612 g/mol. The summed E-state index contributed by atoms with van der Waals surface area (Å²) in [6, 6.07) is 6.98. The summed E-state index contributed by atoms with van der Waals surface area (Å²) < 4.78 is 5.79. The van der Waals surface area contributed by atoms with Crippen LogP contribution in [0.4, 0.5) is 0 Å². The molecule has 0 saturated heterocycles. The van der Waals surface area contributed by atoms with Crippen LogP contribution in [0.15, 0.2) is 102 Å². The zero-order valence-corrected chi connectivity index (χ0v) is 29.7. The second-order valence-electron chi connectivity index (χ2n) is 11.6. The van der Waals surface area contributed by atoms with E-state index in [2.05, 4.69) is 100 Å². The average Bonchev–Trinajstić information content (AvgIpc) is 3.10. The molecule has 9 heteroatoms. The maximum absolute atomic E-state index is 12.3. The molecule has 0 aliphatic carbocycles. The second kappa shape index (κ2) is 32.2. The van der Waals surface area contributed by atoms with Gasteiger partial charge in [0.25, 0.3) is 0 Å². The van der Waals surface area contributed by atoms with E-state index in [0.717, 1.165) is 81.9 Å². The van der Waals surface area contributed by atoms with Crippen molar-refractivity contribution in [2.24, 2.45) is 10.8 Å². The third-order valence-corrected chi connectivity index (χ3v) is 7.31. The summed E-state index contributed by atoms with van der Waals surface area (Å²) in [6.07, 6.45) is 38.0. The Morgan fingerprint density at radius 2 is 1.33 bits per heavy atom. The number of carbonyl (C=O) groups is 2. The van der Waals surface area contributed by atoms with Gasteiger partial charge >= 0.3 is 0 Å². The van der Waals surface area contributed by atoms with Crippen molar-refractivity contribution in [3.8, 4) is 5.75 Å². The van der Waals surface area contributed by atoms with E-state index in [0.29, 0.717) is 45.5 Å². The van der Waals surface area contributed by atoms with Gasteiger partial charge in [0.05, 0.1) is 12.6 Å². The Morgan fingerprint density at radius 3 is 1.92 bits per heavy atom. The summed E-state index contributed by atoms with van der Waals surface area (Å²) in [7, 11) is 0. The number of rotatable bonds is 29. The SMILES string of the molecule is CC/C=C\C/C=C\C/C=C\C/C=C\C/C=C\C/C=C\CCC(=O)NCCCOc1ccc(C[C@H](N)C(=O)NCCCCCCN=[N+]=[N-])cc1. The summed E-state index contributed by atoms with van der Waals surface area (Å²) in [5, 5.41) is 9.35. The van der Waals surface area contributed by atoms with Crippen LogP contribution in [0, 0.1) is 0 Å². The van der Waals surface area contributed by atoms with Crippen molar-refractivity contribution in [2.45, 2.75) is 103 Å². The smallest absolute Gasteiger partial charge is 0.237 e. The van der Waals surface area contributed by atoms with Gasteiger partial charge in [-0.3, -0.25) is 9.59 Å². The van der Waals surface area contributed by atoms with Crippen LogP contribution in [-0.2, 0) is 16.0 Å². The zero-order chi connectivity index (χ0) is 35.5. The van der Waals surface area contributed by atoms with Crippen LogP contribution >= 0.6 is 0 Å². The number of hydrogen-bond donors (Lipinski definition) is 3. The van der Waals surface area contributed by atoms with E-state index in [4.69, 9.17) is 16.0 Å². The first kappa shape index (κ1) is 42.7. The van der Waals surface area contributed by atoms with Crippen LogP contribution < -0.4 is 21.1 Å². The summed E-state index contributed by atoms with van der Waals surface area (Å²) in [5.41, 5.74) is 15.3. The van der Waals surface area contributed by atoms with Crippen LogP contribution in [0.1, 0.15) is 96.0 Å². The first-order valence-electron chi connectivity index (χ1n) is 18.0. The normalized spacial score (nSPS) is 12.5. The van der Waals surface area contributed by atoms with E-state index in [9.17, 15) is 9.59 Å². The van der Waals surface area contributed by atoms with Crippen molar-refractivity contribution in [3.63, 3.8) is 0 Å². The molecule has 0 aromatic heterocycles. The van der Waals surface area contributed by atoms with Crippen molar-refractivity contribution in [3.05, 3.63) is 113 Å². The lowest BCUT2D eigenvalue weighted by Gasteiger charge is -2.13. The Kier molecular flexibility index (Phi) is 28.1. The molecule has 0 aliphatic heterocycles. The number of amides is 2. The van der Waals surface area contributed by atoms with E-state index >= 15 is 0 Å². The molecule has 0 bridgehead atoms. The predicted molar refractivity (Wildman–Crippen MR) is 204 cm³/mol. The van der Waals surface area contributed by atoms with Crippen molar-refractivity contribution in [1.82, 2.24) is 10.6 Å². The lowest BCUT2D eigenvalue weighted by Crippen LogP contribution is -2.42. The first-order valence-corrected chi connectivity index (χ1v) is 18.0. The molecule has 9 nitrogen and oxygen atoms in total. The summed E-state index contributed by atoms with van der Waals surface area (Å²) in [6.45, 7) is 4.32. The van der Waals surface area contributed by atoms with E-state index in [-0.39, 0.29) is 11.8 Å². The molecule has 1 aromatic rings. The Hall–Kier alpha value is -4.33. The lowest BCUT2D eigenvalue weighted by atomic mass is 10.1. The Balaban J connectivity index is 2.04. The van der Waals surface area contributed by atoms with Crippen LogP contribution in [0.25, 0.3) is 10.4 Å². The largest absolute Gasteiger partial charge is 0.494 e. The highest BCUT2D eigenvalue weighted by Gasteiger charge is 2.13. The Labute approximate surface area is 295 Å². The van der Waals surface area contributed by atoms with Gasteiger partial charge in [-0.2, -0.15) is 0 Å². The molecule has 0 heterocycles. The van der Waals surface area contributed by atoms with Gasteiger partial charge in [-0.05, 0) is 93.9 Å². The number of benzene rings is 1. The number of allylic oxidation sites excluding steroid dienone is 12. The van der Waals surface area contributed by atoms with E-state index < -0.39 is 6.04 Å². The minimum absolute atomic E-state index is 0.0477. The summed E-state index contributed by atoms with van der Waals surface area (Å²) in [5.74, 6) is 0.631. The maximum Gasteiger partial charge on any atom is 0.237 e. The number of unbranched alkanes of at least 4 members (excludes halogenated alkanes) is 3. The van der Waals surface area contributed by atoms with E-state index in [1.807, 2.05) is 24.3 Å². The fourth-order valence-corrected chi connectivity index (χ4v) is 4.55. The molecule has 0 saturated carbocycles. The highest BCUT2D eigenvalue weighted by Crippen LogP contribution is 2.13. The molecular formula is C40H60N6O3. The second-order valence-corrected chi connectivity index (χ2v) is 11.6. The highest BCUT2D eigenvalue weighted by atomic mass is 16.5. The van der Waals surface area contributed by atoms with Gasteiger partial charge in [-0.25, -0.2) is 0 Å². The number of hydrogen-bond acceptors (Lipinski definition) is 5. The number of nitrogens with one attached hydrogen (secondary N) is 2. The molecule has 4 N–H and O–H groups in total. The molecule has 0 spiro atoms. The van der Waals surface area contributed by atoms with Gasteiger partial charge in [0, 0.05) is 31.0 Å². The minimum Gasteiger partial charge on any atom is -0.494 e. The van der Waals surface area contributed by atoms with Crippen LogP contribution in [0.2, 0.25) is 0 Å². The van der Waals surface area contributed by atoms with E-state index in [1.54, 1.807) is 0 Å². The molecule has 0 radical (unpaired) electrons. The monoisotopic (exact) mass is 672 g/mol. The van der Waals surface area contributed by atoms with Gasteiger partial charge < -0.3 is 21.1 Å². The lowest BCUT2D eigenvalue weighted by molar-refractivity contribution is -0.122. The number of carbonyl (C=O) groups excluding carboxylic acids is 2. The van der Waals surface area contributed by atoms with Crippen molar-refractivity contribution in [1.29, 1.82) is 0 Å². The number of nitrogens with two attached hydrogens (primary N) is 1. The molecule has 0 aliphatic rings. The Bertz CT molecular complexity index is 1230. The quantitative estimate of drug-likeness (QED) is 0.0257. The highest BCUT2D eigenvalue weighted by molar-refractivity contribution is 5.81. The van der Waals surface area contributed by atoms with Gasteiger partial charge in [0.15, 0.2) is 0 Å². The average molecular weight is 673 g/mol. The van der Waals surface area contributed by atoms with Crippen LogP contribution in [0.5, 0.6) is 5.75 Å². The van der Waals surface area contributed by atoms with Crippen molar-refractivity contribution >= 4 is 11.8 Å². The van der Waals surface area contributed by atoms with Crippen molar-refractivity contribution < 1.29 is 14.3 Å². The summed E-state index contributed by atoms with van der Waals surface area (Å²) in [4.78, 5) is 27.1. The molecule has 1 aromatic carbocycles. The fourth-order valence-electron chi connectivity index (χ4n) is 4.55. The molecule has 1 atom stereocenters. The van der Waals surface area contributed by atoms with Crippen LogP contribution in [-0.4, -0.2) is 44.1 Å². The molecule has 268 valence electrons. The first-order chi connectivity index (χ1) is 24.1. The summed E-state index contributed by atoms with van der Waals surface area (Å²) >= 11 is 0. The van der Waals surface area contributed by atoms with Crippen molar-refractivity contribution in [2.75, 3.05) is 26.2 Å². The molecule has 0 unspecified atom stereocenters.